The van der Waals surface area contributed by atoms with Gasteiger partial charge in [-0.3, -0.25) is 0 Å². The van der Waals surface area contributed by atoms with Crippen LogP contribution in [0.5, 0.6) is 0 Å². The highest BCUT2D eigenvalue weighted by Gasteiger charge is 2.25. The normalized spacial score (nSPS) is 17.4. The van der Waals surface area contributed by atoms with Crippen molar-refractivity contribution in [3.63, 3.8) is 0 Å². The molecule has 0 spiro atoms. The molecule has 126 valence electrons. The van der Waals surface area contributed by atoms with Crippen molar-refractivity contribution in [2.75, 3.05) is 0 Å². The second-order valence-corrected chi connectivity index (χ2v) is 8.36. The van der Waals surface area contributed by atoms with Gasteiger partial charge in [0, 0.05) is 11.8 Å². The Morgan fingerprint density at radius 1 is 0.958 bits per heavy atom. The van der Waals surface area contributed by atoms with Crippen LogP contribution in [0.15, 0.2) is 52.9 Å². The van der Waals surface area contributed by atoms with Gasteiger partial charge in [0.1, 0.15) is 5.25 Å². The number of rotatable bonds is 4. The highest BCUT2D eigenvalue weighted by Crippen LogP contribution is 2.33. The molecule has 2 nitrogen and oxygen atoms in total. The molecule has 24 heavy (non-hydrogen) atoms. The summed E-state index contributed by atoms with van der Waals surface area (Å²) in [6.07, 6.45) is 4.00. The zero-order chi connectivity index (χ0) is 17.1. The predicted octanol–water partition coefficient (Wildman–Crippen LogP) is 4.70. The lowest BCUT2D eigenvalue weighted by atomic mass is 9.89. The molecule has 0 aliphatic heterocycles. The molecular weight excluding hydrogens is 314 g/mol. The van der Waals surface area contributed by atoms with Crippen LogP contribution in [0.1, 0.15) is 48.9 Å². The van der Waals surface area contributed by atoms with Crippen molar-refractivity contribution in [2.45, 2.75) is 44.8 Å². The lowest BCUT2D eigenvalue weighted by molar-refractivity contribution is 0.547. The van der Waals surface area contributed by atoms with Gasteiger partial charge in [0.05, 0.1) is 17.6 Å². The summed E-state index contributed by atoms with van der Waals surface area (Å²) in [7, 11) is 0. The molecule has 0 radical (unpaired) electrons. The van der Waals surface area contributed by atoms with Crippen LogP contribution in [0.25, 0.3) is 0 Å². The van der Waals surface area contributed by atoms with E-state index < -0.39 is 11.4 Å². The fourth-order valence-electron chi connectivity index (χ4n) is 3.18. The van der Waals surface area contributed by atoms with Crippen molar-refractivity contribution in [3.05, 3.63) is 70.8 Å². The summed E-state index contributed by atoms with van der Waals surface area (Å²) in [6, 6.07) is 17.1. The van der Waals surface area contributed by atoms with Crippen LogP contribution in [0.3, 0.4) is 0 Å². The number of fused-ring (bicyclic) bond motifs is 2. The summed E-state index contributed by atoms with van der Waals surface area (Å²) in [5.41, 5.74) is 5.32. The minimum atomic E-state index is -1.19. The lowest BCUT2D eigenvalue weighted by Crippen LogP contribution is -2.22. The largest absolute Gasteiger partial charge is 0.591 e. The van der Waals surface area contributed by atoms with Crippen molar-refractivity contribution in [1.82, 2.24) is 0 Å². The van der Waals surface area contributed by atoms with Gasteiger partial charge in [-0.2, -0.15) is 0 Å². The van der Waals surface area contributed by atoms with E-state index in [0.717, 1.165) is 12.8 Å². The Morgan fingerprint density at radius 2 is 1.46 bits per heavy atom. The van der Waals surface area contributed by atoms with Crippen LogP contribution in [0.4, 0.5) is 0 Å². The van der Waals surface area contributed by atoms with Gasteiger partial charge in [-0.25, -0.2) is 0 Å². The Morgan fingerprint density at radius 3 is 1.96 bits per heavy atom. The SMILES string of the molecule is CC(C)C(C)[S+]([O-])/N=C/C1c2ccccc2CCc2ccccc21. The molecule has 1 aliphatic carbocycles. The van der Waals surface area contributed by atoms with E-state index in [0.29, 0.717) is 5.92 Å². The Balaban J connectivity index is 1.99. The maximum absolute atomic E-state index is 12.5. The molecule has 0 fully saturated rings. The van der Waals surface area contributed by atoms with Gasteiger partial charge in [-0.15, -0.1) is 0 Å². The van der Waals surface area contributed by atoms with Gasteiger partial charge >= 0.3 is 0 Å². The minimum Gasteiger partial charge on any atom is -0.591 e. The standard InChI is InChI=1S/C21H25NOS/c1-15(2)16(3)24(23)22-14-21-19-10-6-4-8-17(19)12-13-18-9-5-7-11-20(18)21/h4-11,14-16,21H,12-13H2,1-3H3/b22-14+. The fraction of sp³-hybridized carbons (Fsp3) is 0.381. The lowest BCUT2D eigenvalue weighted by Gasteiger charge is -2.18. The van der Waals surface area contributed by atoms with Gasteiger partial charge in [-0.1, -0.05) is 66.8 Å². The van der Waals surface area contributed by atoms with E-state index in [1.165, 1.54) is 22.3 Å². The smallest absolute Gasteiger partial charge is 0.142 e. The maximum Gasteiger partial charge on any atom is 0.142 e. The number of nitrogens with zero attached hydrogens (tertiary/aromatic N) is 1. The van der Waals surface area contributed by atoms with E-state index in [-0.39, 0.29) is 11.2 Å². The van der Waals surface area contributed by atoms with Crippen LogP contribution in [-0.2, 0) is 24.2 Å². The predicted molar refractivity (Wildman–Crippen MR) is 103 cm³/mol. The molecule has 3 rings (SSSR count). The monoisotopic (exact) mass is 339 g/mol. The van der Waals surface area contributed by atoms with Crippen molar-refractivity contribution < 1.29 is 4.55 Å². The Labute approximate surface area is 148 Å². The van der Waals surface area contributed by atoms with Crippen molar-refractivity contribution >= 4 is 17.6 Å². The van der Waals surface area contributed by atoms with E-state index >= 15 is 0 Å². The summed E-state index contributed by atoms with van der Waals surface area (Å²) >= 11 is -1.19. The van der Waals surface area contributed by atoms with Gasteiger partial charge in [-0.05, 0) is 42.0 Å². The first-order valence-corrected chi connectivity index (χ1v) is 9.85. The van der Waals surface area contributed by atoms with Crippen LogP contribution in [0.2, 0.25) is 0 Å². The van der Waals surface area contributed by atoms with E-state index in [1.54, 1.807) is 0 Å². The molecule has 0 aromatic heterocycles. The minimum absolute atomic E-state index is 0.0671. The molecule has 0 amide bonds. The van der Waals surface area contributed by atoms with E-state index in [9.17, 15) is 4.55 Å². The molecule has 2 atom stereocenters. The molecular formula is C21H25NOS. The molecule has 0 N–H and O–H groups in total. The second-order valence-electron chi connectivity index (χ2n) is 6.86. The van der Waals surface area contributed by atoms with Crippen LogP contribution in [0, 0.1) is 5.92 Å². The quantitative estimate of drug-likeness (QED) is 0.587. The molecule has 2 aromatic carbocycles. The number of hydrogen-bond acceptors (Lipinski definition) is 2. The van der Waals surface area contributed by atoms with Crippen LogP contribution < -0.4 is 0 Å². The molecule has 2 unspecified atom stereocenters. The van der Waals surface area contributed by atoms with E-state index in [1.807, 2.05) is 13.1 Å². The average molecular weight is 340 g/mol. The van der Waals surface area contributed by atoms with Gasteiger partial charge in [0.25, 0.3) is 0 Å². The first-order chi connectivity index (χ1) is 11.6. The average Bonchev–Trinajstić information content (AvgIpc) is 2.76. The summed E-state index contributed by atoms with van der Waals surface area (Å²) < 4.78 is 16.9. The van der Waals surface area contributed by atoms with Crippen molar-refractivity contribution in [3.8, 4) is 0 Å². The fourth-order valence-corrected chi connectivity index (χ4v) is 4.08. The Kier molecular flexibility index (Phi) is 5.42. The Bertz CT molecular complexity index is 678. The molecule has 0 bridgehead atoms. The van der Waals surface area contributed by atoms with E-state index in [4.69, 9.17) is 0 Å². The highest BCUT2D eigenvalue weighted by atomic mass is 32.2. The van der Waals surface area contributed by atoms with Gasteiger partial charge in [0.2, 0.25) is 0 Å². The summed E-state index contributed by atoms with van der Waals surface area (Å²) in [5, 5.41) is 0.0671. The zero-order valence-corrected chi connectivity index (χ0v) is 15.4. The molecule has 0 heterocycles. The number of aryl methyl sites for hydroxylation is 2. The van der Waals surface area contributed by atoms with Gasteiger partial charge < -0.3 is 4.55 Å². The van der Waals surface area contributed by atoms with E-state index in [2.05, 4.69) is 66.8 Å². The van der Waals surface area contributed by atoms with Crippen molar-refractivity contribution in [1.29, 1.82) is 0 Å². The maximum atomic E-state index is 12.5. The molecule has 2 aromatic rings. The first kappa shape index (κ1) is 17.2. The topological polar surface area (TPSA) is 35.4 Å². The number of hydrogen-bond donors (Lipinski definition) is 0. The van der Waals surface area contributed by atoms with Crippen molar-refractivity contribution in [2.24, 2.45) is 10.3 Å². The molecule has 3 heteroatoms. The molecule has 0 saturated heterocycles. The third-order valence-electron chi connectivity index (χ3n) is 5.01. The zero-order valence-electron chi connectivity index (χ0n) is 14.6. The van der Waals surface area contributed by atoms with Gasteiger partial charge in [0.15, 0.2) is 0 Å². The molecule has 1 aliphatic rings. The highest BCUT2D eigenvalue weighted by molar-refractivity contribution is 7.90. The van der Waals surface area contributed by atoms with Crippen LogP contribution >= 0.6 is 0 Å². The summed E-state index contributed by atoms with van der Waals surface area (Å²) in [4.78, 5) is 0. The second kappa shape index (κ2) is 7.54. The Hall–Kier alpha value is -1.58. The third-order valence-corrected chi connectivity index (χ3v) is 6.52. The summed E-state index contributed by atoms with van der Waals surface area (Å²) in [5.74, 6) is 0.444. The summed E-state index contributed by atoms with van der Waals surface area (Å²) in [6.45, 7) is 6.19. The third kappa shape index (κ3) is 3.57. The molecule has 0 saturated carbocycles. The van der Waals surface area contributed by atoms with Crippen LogP contribution in [-0.4, -0.2) is 16.0 Å². The number of benzene rings is 2. The first-order valence-electron chi connectivity index (χ1n) is 8.68.